The smallest absolute Gasteiger partial charge is 0.337 e. The molecule has 0 aliphatic carbocycles. The fourth-order valence-electron chi connectivity index (χ4n) is 2.27. The third-order valence-electron chi connectivity index (χ3n) is 3.65. The summed E-state index contributed by atoms with van der Waals surface area (Å²) in [5, 5.41) is 14.8. The molecule has 0 saturated heterocycles. The maximum Gasteiger partial charge on any atom is 0.337 e. The van der Waals surface area contributed by atoms with Crippen molar-refractivity contribution in [2.75, 3.05) is 10.6 Å². The van der Waals surface area contributed by atoms with Gasteiger partial charge in [0.15, 0.2) is 0 Å². The standard InChI is InChI=1S/C19H19ClN2O4/c1-2-3-4-17(23)21-14-8-5-12(6-9-14)18(24)22-16-11-13(20)7-10-15(16)19(25)26/h5-11H,2-4H2,1H3,(H,21,23)(H,22,24)(H,25,26). The highest BCUT2D eigenvalue weighted by atomic mass is 35.5. The summed E-state index contributed by atoms with van der Waals surface area (Å²) in [6, 6.07) is 10.5. The number of carboxylic acids is 1. The van der Waals surface area contributed by atoms with Crippen LogP contribution >= 0.6 is 11.6 Å². The fraction of sp³-hybridized carbons (Fsp3) is 0.211. The molecule has 0 unspecified atom stereocenters. The van der Waals surface area contributed by atoms with Crippen molar-refractivity contribution >= 4 is 40.8 Å². The second-order valence-electron chi connectivity index (χ2n) is 5.68. The lowest BCUT2D eigenvalue weighted by Gasteiger charge is -2.10. The molecule has 26 heavy (non-hydrogen) atoms. The predicted octanol–water partition coefficient (Wildman–Crippen LogP) is 4.42. The van der Waals surface area contributed by atoms with Crippen LogP contribution in [0.1, 0.15) is 46.9 Å². The first-order valence-corrected chi connectivity index (χ1v) is 8.52. The van der Waals surface area contributed by atoms with Crippen molar-refractivity contribution in [2.45, 2.75) is 26.2 Å². The highest BCUT2D eigenvalue weighted by Gasteiger charge is 2.14. The Labute approximate surface area is 156 Å². The van der Waals surface area contributed by atoms with E-state index in [1.165, 1.54) is 18.2 Å². The molecule has 0 spiro atoms. The molecule has 0 atom stereocenters. The monoisotopic (exact) mass is 374 g/mol. The average Bonchev–Trinajstić information content (AvgIpc) is 2.60. The molecule has 136 valence electrons. The highest BCUT2D eigenvalue weighted by Crippen LogP contribution is 2.22. The van der Waals surface area contributed by atoms with E-state index in [0.717, 1.165) is 12.8 Å². The van der Waals surface area contributed by atoms with E-state index in [4.69, 9.17) is 11.6 Å². The molecule has 6 nitrogen and oxygen atoms in total. The summed E-state index contributed by atoms with van der Waals surface area (Å²) in [5.74, 6) is -1.71. The van der Waals surface area contributed by atoms with E-state index in [1.54, 1.807) is 24.3 Å². The molecule has 0 aromatic heterocycles. The minimum absolute atomic E-state index is 0.0532. The second-order valence-corrected chi connectivity index (χ2v) is 6.11. The van der Waals surface area contributed by atoms with Crippen LogP contribution in [0.25, 0.3) is 0 Å². The van der Waals surface area contributed by atoms with Crippen LogP contribution in [0.15, 0.2) is 42.5 Å². The van der Waals surface area contributed by atoms with Crippen LogP contribution in [-0.4, -0.2) is 22.9 Å². The molecule has 0 fully saturated rings. The largest absolute Gasteiger partial charge is 0.478 e. The van der Waals surface area contributed by atoms with Crippen molar-refractivity contribution in [3.05, 3.63) is 58.6 Å². The Balaban J connectivity index is 2.08. The number of carboxylic acid groups (broad SMARTS) is 1. The van der Waals surface area contributed by atoms with Crippen molar-refractivity contribution < 1.29 is 19.5 Å². The lowest BCUT2D eigenvalue weighted by molar-refractivity contribution is -0.116. The van der Waals surface area contributed by atoms with Gasteiger partial charge in [-0.05, 0) is 48.9 Å². The topological polar surface area (TPSA) is 95.5 Å². The Morgan fingerprint density at radius 2 is 1.73 bits per heavy atom. The number of benzene rings is 2. The number of aromatic carboxylic acids is 1. The van der Waals surface area contributed by atoms with Gasteiger partial charge in [0.1, 0.15) is 0 Å². The van der Waals surface area contributed by atoms with Crippen molar-refractivity contribution in [1.82, 2.24) is 0 Å². The molecule has 2 amide bonds. The van der Waals surface area contributed by atoms with Crippen molar-refractivity contribution in [3.63, 3.8) is 0 Å². The van der Waals surface area contributed by atoms with E-state index in [9.17, 15) is 19.5 Å². The van der Waals surface area contributed by atoms with Gasteiger partial charge in [-0.2, -0.15) is 0 Å². The van der Waals surface area contributed by atoms with Gasteiger partial charge in [0.05, 0.1) is 11.3 Å². The number of rotatable bonds is 7. The van der Waals surface area contributed by atoms with E-state index in [1.807, 2.05) is 6.92 Å². The molecular weight excluding hydrogens is 356 g/mol. The second kappa shape index (κ2) is 9.01. The third kappa shape index (κ3) is 5.32. The van der Waals surface area contributed by atoms with Crippen molar-refractivity contribution in [2.24, 2.45) is 0 Å². The molecular formula is C19H19ClN2O4. The SMILES string of the molecule is CCCCC(=O)Nc1ccc(C(=O)Nc2cc(Cl)ccc2C(=O)O)cc1. The molecule has 3 N–H and O–H groups in total. The van der Waals surface area contributed by atoms with Crippen LogP contribution in [-0.2, 0) is 4.79 Å². The molecule has 2 aromatic rings. The zero-order valence-corrected chi connectivity index (χ0v) is 15.0. The van der Waals surface area contributed by atoms with Crippen LogP contribution in [0.5, 0.6) is 0 Å². The summed E-state index contributed by atoms with van der Waals surface area (Å²) in [4.78, 5) is 35.3. The van der Waals surface area contributed by atoms with Gasteiger partial charge in [-0.3, -0.25) is 9.59 Å². The van der Waals surface area contributed by atoms with Crippen LogP contribution in [0, 0.1) is 0 Å². The molecule has 0 aliphatic heterocycles. The van der Waals surface area contributed by atoms with Gasteiger partial charge in [-0.1, -0.05) is 24.9 Å². The van der Waals surface area contributed by atoms with Gasteiger partial charge in [-0.25, -0.2) is 4.79 Å². The first kappa shape index (κ1) is 19.5. The Morgan fingerprint density at radius 3 is 2.35 bits per heavy atom. The maximum atomic E-state index is 12.3. The summed E-state index contributed by atoms with van der Waals surface area (Å²) in [7, 11) is 0. The summed E-state index contributed by atoms with van der Waals surface area (Å²) in [5.41, 5.74) is 0.985. The van der Waals surface area contributed by atoms with E-state index in [0.29, 0.717) is 22.7 Å². The number of hydrogen-bond acceptors (Lipinski definition) is 3. The van der Waals surface area contributed by atoms with E-state index < -0.39 is 11.9 Å². The lowest BCUT2D eigenvalue weighted by atomic mass is 10.1. The molecule has 0 heterocycles. The Kier molecular flexibility index (Phi) is 6.74. The number of nitrogens with one attached hydrogen (secondary N) is 2. The minimum atomic E-state index is -1.16. The normalized spacial score (nSPS) is 10.2. The fourth-order valence-corrected chi connectivity index (χ4v) is 2.44. The van der Waals surface area contributed by atoms with Gasteiger partial charge < -0.3 is 15.7 Å². The van der Waals surface area contributed by atoms with Gasteiger partial charge >= 0.3 is 5.97 Å². The number of hydrogen-bond donors (Lipinski definition) is 3. The molecule has 0 aliphatic rings. The van der Waals surface area contributed by atoms with Gasteiger partial charge in [0.25, 0.3) is 5.91 Å². The van der Waals surface area contributed by atoms with E-state index in [2.05, 4.69) is 10.6 Å². The Bertz CT molecular complexity index is 819. The summed E-state index contributed by atoms with van der Waals surface area (Å²) >= 11 is 5.87. The molecule has 2 aromatic carbocycles. The first-order chi connectivity index (χ1) is 12.4. The van der Waals surface area contributed by atoms with E-state index >= 15 is 0 Å². The van der Waals surface area contributed by atoms with Gasteiger partial charge in [0.2, 0.25) is 5.91 Å². The Hall–Kier alpha value is -2.86. The van der Waals surface area contributed by atoms with Crippen LogP contribution in [0.3, 0.4) is 0 Å². The summed E-state index contributed by atoms with van der Waals surface area (Å²) < 4.78 is 0. The van der Waals surface area contributed by atoms with Crippen molar-refractivity contribution in [1.29, 1.82) is 0 Å². The summed E-state index contributed by atoms with van der Waals surface area (Å²) in [6.45, 7) is 2.01. The first-order valence-electron chi connectivity index (χ1n) is 8.15. The molecule has 0 bridgehead atoms. The zero-order chi connectivity index (χ0) is 19.1. The molecule has 7 heteroatoms. The maximum absolute atomic E-state index is 12.3. The quantitative estimate of drug-likeness (QED) is 0.668. The number of halogens is 1. The lowest BCUT2D eigenvalue weighted by Crippen LogP contribution is -2.15. The van der Waals surface area contributed by atoms with Gasteiger partial charge in [-0.15, -0.1) is 0 Å². The van der Waals surface area contributed by atoms with Crippen LogP contribution < -0.4 is 10.6 Å². The zero-order valence-electron chi connectivity index (χ0n) is 14.2. The number of carbonyl (C=O) groups excluding carboxylic acids is 2. The highest BCUT2D eigenvalue weighted by molar-refractivity contribution is 6.31. The van der Waals surface area contributed by atoms with Crippen LogP contribution in [0.2, 0.25) is 5.02 Å². The minimum Gasteiger partial charge on any atom is -0.478 e. The number of carbonyl (C=O) groups is 3. The molecule has 2 rings (SSSR count). The van der Waals surface area contributed by atoms with Crippen molar-refractivity contribution in [3.8, 4) is 0 Å². The Morgan fingerprint density at radius 1 is 1.04 bits per heavy atom. The average molecular weight is 375 g/mol. The number of amides is 2. The molecule has 0 saturated carbocycles. The molecule has 0 radical (unpaired) electrons. The van der Waals surface area contributed by atoms with Gasteiger partial charge in [0, 0.05) is 22.7 Å². The summed E-state index contributed by atoms with van der Waals surface area (Å²) in [6.07, 6.45) is 2.21. The number of anilines is 2. The number of unbranched alkanes of at least 4 members (excludes halogenated alkanes) is 1. The van der Waals surface area contributed by atoms with E-state index in [-0.39, 0.29) is 17.2 Å². The predicted molar refractivity (Wildman–Crippen MR) is 101 cm³/mol. The van der Waals surface area contributed by atoms with Crippen LogP contribution in [0.4, 0.5) is 11.4 Å². The third-order valence-corrected chi connectivity index (χ3v) is 3.88.